The quantitative estimate of drug-likeness (QED) is 0.116. The highest BCUT2D eigenvalue weighted by molar-refractivity contribution is 6.76. The topological polar surface area (TPSA) is 54.7 Å². The highest BCUT2D eigenvalue weighted by Crippen LogP contribution is 2.38. The van der Waals surface area contributed by atoms with Gasteiger partial charge < -0.3 is 14.3 Å². The lowest BCUT2D eigenvalue weighted by Gasteiger charge is -2.17. The molecule has 0 atom stereocenters. The number of nitrogens with one attached hydrogen (secondary N) is 1. The number of fused-ring (bicyclic) bond motifs is 6. The number of nitrogens with zero attached hydrogens (tertiary/aromatic N) is 3. The first-order valence-electron chi connectivity index (χ1n) is 19.4. The summed E-state index contributed by atoms with van der Waals surface area (Å²) >= 11 is 0. The van der Waals surface area contributed by atoms with Gasteiger partial charge in [0.1, 0.15) is 6.73 Å². The van der Waals surface area contributed by atoms with Crippen LogP contribution in [0.4, 0.5) is 0 Å². The van der Waals surface area contributed by atoms with Crippen molar-refractivity contribution in [1.29, 1.82) is 0 Å². The van der Waals surface area contributed by atoms with Gasteiger partial charge in [0, 0.05) is 59.4 Å². The maximum Gasteiger partial charge on any atom is 0.122 e. The number of benzene rings is 4. The van der Waals surface area contributed by atoms with Crippen molar-refractivity contribution in [3.63, 3.8) is 0 Å². The molecule has 9 rings (SSSR count). The normalized spacial score (nSPS) is 15.2. The third kappa shape index (κ3) is 7.13. The Morgan fingerprint density at radius 2 is 0.964 bits per heavy atom. The molecule has 0 amide bonds. The zero-order valence-corrected chi connectivity index (χ0v) is 33.0. The molecule has 6 heteroatoms. The Balaban J connectivity index is 1.38. The van der Waals surface area contributed by atoms with Crippen LogP contribution >= 0.6 is 0 Å². The fraction of sp³-hybridized carbons (Fsp3) is 0.120. The highest BCUT2D eigenvalue weighted by Gasteiger charge is 2.25. The van der Waals surface area contributed by atoms with Gasteiger partial charge in [0.05, 0.1) is 28.5 Å². The lowest BCUT2D eigenvalue weighted by atomic mass is 9.96. The van der Waals surface area contributed by atoms with Crippen molar-refractivity contribution in [1.82, 2.24) is 9.55 Å². The third-order valence-corrected chi connectivity index (χ3v) is 12.2. The lowest BCUT2D eigenvalue weighted by Crippen LogP contribution is -2.22. The Morgan fingerprint density at radius 1 is 0.518 bits per heavy atom. The molecular weight excluding hydrogens is 701 g/mol. The molecule has 5 nitrogen and oxygen atoms in total. The summed E-state index contributed by atoms with van der Waals surface area (Å²) in [6, 6.07) is 50.1. The number of hydrogen-bond donors (Lipinski definition) is 1. The molecule has 274 valence electrons. The summed E-state index contributed by atoms with van der Waals surface area (Å²) in [4.78, 5) is 14.8. The molecule has 56 heavy (non-hydrogen) atoms. The van der Waals surface area contributed by atoms with Crippen molar-refractivity contribution in [3.8, 4) is 0 Å². The number of allylic oxidation sites excluding steroid dienone is 4. The molecule has 0 spiro atoms. The maximum atomic E-state index is 6.52. The van der Waals surface area contributed by atoms with E-state index in [2.05, 4.69) is 199 Å². The van der Waals surface area contributed by atoms with Crippen LogP contribution in [0.25, 0.3) is 22.3 Å². The number of rotatable bonds is 9. The number of aliphatic imine (C=N–C) groups is 2. The summed E-state index contributed by atoms with van der Waals surface area (Å²) in [6.45, 7) is 8.32. The lowest BCUT2D eigenvalue weighted by molar-refractivity contribution is 0.0869. The molecule has 0 aliphatic carbocycles. The van der Waals surface area contributed by atoms with E-state index in [1.54, 1.807) is 0 Å². The average Bonchev–Trinajstić information content (AvgIpc) is 4.05. The molecule has 3 aliphatic heterocycles. The molecule has 4 aromatic carbocycles. The van der Waals surface area contributed by atoms with Gasteiger partial charge in [0.2, 0.25) is 0 Å². The molecule has 2 aromatic heterocycles. The molecule has 0 radical (unpaired) electrons. The first-order valence-corrected chi connectivity index (χ1v) is 23.1. The molecule has 6 aromatic rings. The molecule has 0 fully saturated rings. The van der Waals surface area contributed by atoms with E-state index in [9.17, 15) is 0 Å². The van der Waals surface area contributed by atoms with Crippen molar-refractivity contribution >= 4 is 41.8 Å². The van der Waals surface area contributed by atoms with Gasteiger partial charge in [-0.3, -0.25) is 0 Å². The molecule has 3 aliphatic rings. The Hall–Kier alpha value is -6.34. The Kier molecular flexibility index (Phi) is 9.51. The monoisotopic (exact) mass is 744 g/mol. The summed E-state index contributed by atoms with van der Waals surface area (Å²) in [7, 11) is -1.29. The van der Waals surface area contributed by atoms with Crippen molar-refractivity contribution < 1.29 is 4.74 Å². The van der Waals surface area contributed by atoms with E-state index in [-0.39, 0.29) is 0 Å². The van der Waals surface area contributed by atoms with Crippen LogP contribution in [0.5, 0.6) is 0 Å². The summed E-state index contributed by atoms with van der Waals surface area (Å²) < 4.78 is 8.78. The summed E-state index contributed by atoms with van der Waals surface area (Å²) in [5.41, 5.74) is 14.3. The minimum absolute atomic E-state index is 0.420. The molecule has 1 N–H and O–H groups in total. The molecule has 8 bridgehead atoms. The molecule has 0 unspecified atom stereocenters. The Morgan fingerprint density at radius 3 is 1.45 bits per heavy atom. The van der Waals surface area contributed by atoms with Crippen LogP contribution in [0, 0.1) is 0 Å². The summed E-state index contributed by atoms with van der Waals surface area (Å²) in [5.74, 6) is 0. The first kappa shape index (κ1) is 35.4. The van der Waals surface area contributed by atoms with Gasteiger partial charge in [-0.05, 0) is 70.8 Å². The van der Waals surface area contributed by atoms with E-state index in [0.717, 1.165) is 102 Å². The summed E-state index contributed by atoms with van der Waals surface area (Å²) in [5, 5.41) is 1.98. The number of ether oxygens (including phenoxy) is 1. The van der Waals surface area contributed by atoms with E-state index in [1.165, 1.54) is 0 Å². The number of aromatic nitrogens is 2. The van der Waals surface area contributed by atoms with Crippen molar-refractivity contribution in [2.24, 2.45) is 9.98 Å². The molecule has 0 saturated heterocycles. The number of H-pyrrole nitrogens is 1. The van der Waals surface area contributed by atoms with Crippen LogP contribution in [-0.4, -0.2) is 35.7 Å². The van der Waals surface area contributed by atoms with Crippen molar-refractivity contribution in [3.05, 3.63) is 226 Å². The van der Waals surface area contributed by atoms with E-state index >= 15 is 0 Å². The van der Waals surface area contributed by atoms with Gasteiger partial charge in [-0.2, -0.15) is 0 Å². The fourth-order valence-electron chi connectivity index (χ4n) is 7.66. The molecule has 5 heterocycles. The van der Waals surface area contributed by atoms with Crippen LogP contribution in [0.15, 0.2) is 191 Å². The smallest absolute Gasteiger partial charge is 0.122 e. The number of aromatic amines is 1. The van der Waals surface area contributed by atoms with Crippen molar-refractivity contribution in [2.75, 3.05) is 6.61 Å². The predicted octanol–water partition coefficient (Wildman–Crippen LogP) is 9.78. The van der Waals surface area contributed by atoms with Crippen molar-refractivity contribution in [2.45, 2.75) is 32.4 Å². The zero-order valence-electron chi connectivity index (χ0n) is 32.0. The second kappa shape index (κ2) is 15.1. The van der Waals surface area contributed by atoms with E-state index < -0.39 is 8.07 Å². The van der Waals surface area contributed by atoms with Crippen LogP contribution in [-0.2, 0) is 11.5 Å². The Bertz CT molecular complexity index is 2740. The Labute approximate surface area is 329 Å². The molecule has 0 saturated carbocycles. The second-order valence-corrected chi connectivity index (χ2v) is 21.2. The van der Waals surface area contributed by atoms with E-state index in [1.807, 2.05) is 0 Å². The maximum absolute atomic E-state index is 6.52. The van der Waals surface area contributed by atoms with Gasteiger partial charge in [0.25, 0.3) is 0 Å². The standard InChI is InChI=1S/C50H44N4OSi/c1-56(2,3)31-30-55-34-54-33-39-32-46(54)50(38-22-14-7-15-23-38)45-29-28-44(53-45)49(37-20-12-6-13-21-37)43-27-26-42(52-43)48(36-18-10-5-11-19-36)41-25-24-40(51-41)47(39)35-16-8-4-9-17-35/h4-29,32-33,52H,30-31,34H2,1-3H3. The van der Waals surface area contributed by atoms with Crippen LogP contribution in [0.3, 0.4) is 0 Å². The molecular formula is C50H44N4OSi. The first-order chi connectivity index (χ1) is 27.4. The largest absolute Gasteiger partial charge is 0.361 e. The number of hydrogen-bond acceptors (Lipinski definition) is 3. The zero-order chi connectivity index (χ0) is 38.1. The minimum atomic E-state index is -1.29. The van der Waals surface area contributed by atoms with Gasteiger partial charge in [-0.15, -0.1) is 0 Å². The van der Waals surface area contributed by atoms with E-state index in [0.29, 0.717) is 6.73 Å². The van der Waals surface area contributed by atoms with Crippen LogP contribution in [0.2, 0.25) is 25.7 Å². The van der Waals surface area contributed by atoms with Gasteiger partial charge in [-0.25, -0.2) is 9.98 Å². The third-order valence-electron chi connectivity index (χ3n) is 10.4. The summed E-state index contributed by atoms with van der Waals surface area (Å²) in [6.07, 6.45) is 10.9. The van der Waals surface area contributed by atoms with Crippen LogP contribution in [0.1, 0.15) is 33.5 Å². The second-order valence-electron chi connectivity index (χ2n) is 15.6. The van der Waals surface area contributed by atoms with Gasteiger partial charge >= 0.3 is 0 Å². The average molecular weight is 745 g/mol. The van der Waals surface area contributed by atoms with E-state index in [4.69, 9.17) is 14.7 Å². The van der Waals surface area contributed by atoms with Crippen LogP contribution < -0.4 is 10.7 Å². The minimum Gasteiger partial charge on any atom is -0.361 e. The SMILES string of the molecule is C[Si](C)(C)CCOCn1cc2cc1C(c1ccccc1)=C1C=CC(=N1)C(c1ccccc1)=c1ccc([nH]1)=C(c1ccccc1)C1=NC(=C2c2ccccc2)C=C1. The predicted molar refractivity (Wildman–Crippen MR) is 235 cm³/mol. The fourth-order valence-corrected chi connectivity index (χ4v) is 8.42. The van der Waals surface area contributed by atoms with Gasteiger partial charge in [0.15, 0.2) is 0 Å². The highest BCUT2D eigenvalue weighted by atomic mass is 28.3. The van der Waals surface area contributed by atoms with Gasteiger partial charge in [-0.1, -0.05) is 141 Å².